The smallest absolute Gasteiger partial charge is 0.177 e. The van der Waals surface area contributed by atoms with Gasteiger partial charge in [-0.25, -0.2) is 16.8 Å². The summed E-state index contributed by atoms with van der Waals surface area (Å²) in [7, 11) is -3.15. The van der Waals surface area contributed by atoms with E-state index in [1.54, 1.807) is 11.3 Å². The second-order valence-electron chi connectivity index (χ2n) is 6.08. The summed E-state index contributed by atoms with van der Waals surface area (Å²) in [5, 5.41) is 5.15. The summed E-state index contributed by atoms with van der Waals surface area (Å²) in [5.41, 5.74) is 0.401. The molecule has 1 atom stereocenters. The van der Waals surface area contributed by atoms with Crippen molar-refractivity contribution in [3.8, 4) is 0 Å². The van der Waals surface area contributed by atoms with Crippen molar-refractivity contribution in [2.24, 2.45) is 0 Å². The molecule has 0 aliphatic carbocycles. The second-order valence-corrected chi connectivity index (χ2v) is 11.1. The van der Waals surface area contributed by atoms with Gasteiger partial charge >= 0.3 is 0 Å². The Kier molecular flexibility index (Phi) is 5.93. The fourth-order valence-electron chi connectivity index (χ4n) is 2.41. The van der Waals surface area contributed by atoms with E-state index < -0.39 is 19.7 Å². The van der Waals surface area contributed by atoms with E-state index in [0.717, 1.165) is 17.4 Å². The number of benzene rings is 1. The van der Waals surface area contributed by atoms with Gasteiger partial charge in [0, 0.05) is 23.9 Å². The molecule has 1 aromatic heterocycles. The predicted molar refractivity (Wildman–Crippen MR) is 102 cm³/mol. The first-order chi connectivity index (χ1) is 11.5. The number of thiophene rings is 1. The van der Waals surface area contributed by atoms with E-state index in [-0.39, 0.29) is 15.8 Å². The summed E-state index contributed by atoms with van der Waals surface area (Å²) in [6.45, 7) is 0.494. The highest BCUT2D eigenvalue weighted by Gasteiger charge is 2.20. The zero-order valence-electron chi connectivity index (χ0n) is 14.6. The van der Waals surface area contributed by atoms with Gasteiger partial charge in [-0.2, -0.15) is 0 Å². The van der Waals surface area contributed by atoms with Crippen LogP contribution in [0.15, 0.2) is 45.5 Å². The molecule has 0 aliphatic rings. The van der Waals surface area contributed by atoms with Crippen LogP contribution in [0.3, 0.4) is 0 Å². The maximum absolute atomic E-state index is 12.1. The maximum atomic E-state index is 12.1. The number of hydrogen-bond acceptors (Lipinski definition) is 7. The first-order valence-corrected chi connectivity index (χ1v) is 12.1. The van der Waals surface area contributed by atoms with E-state index in [2.05, 4.69) is 5.32 Å². The Morgan fingerprint density at radius 3 is 2.24 bits per heavy atom. The first-order valence-electron chi connectivity index (χ1n) is 7.48. The second kappa shape index (κ2) is 7.45. The third-order valence-corrected chi connectivity index (χ3v) is 6.98. The van der Waals surface area contributed by atoms with E-state index in [0.29, 0.717) is 12.2 Å². The molecule has 2 aromatic rings. The van der Waals surface area contributed by atoms with Crippen LogP contribution in [0, 0.1) is 0 Å². The molecular weight excluding hydrogens is 380 g/mol. The van der Waals surface area contributed by atoms with Gasteiger partial charge in [-0.15, -0.1) is 11.3 Å². The Hall–Kier alpha value is -1.42. The Morgan fingerprint density at radius 2 is 1.76 bits per heavy atom. The number of hydrogen-bond donors (Lipinski definition) is 1. The molecule has 0 aliphatic heterocycles. The fraction of sp³-hybridized carbons (Fsp3) is 0.375. The number of rotatable bonds is 7. The quantitative estimate of drug-likeness (QED) is 0.765. The van der Waals surface area contributed by atoms with Gasteiger partial charge in [0.1, 0.15) is 0 Å². The normalized spacial score (nSPS) is 13.8. The minimum absolute atomic E-state index is 0.0131. The van der Waals surface area contributed by atoms with E-state index in [1.807, 2.05) is 36.5 Å². The Balaban J connectivity index is 2.36. The summed E-state index contributed by atoms with van der Waals surface area (Å²) >= 11 is 1.63. The fourth-order valence-corrected chi connectivity index (χ4v) is 4.94. The molecule has 1 aromatic carbocycles. The maximum Gasteiger partial charge on any atom is 0.177 e. The SMILES string of the molecule is CN(C)C(CNc1ccc(S(C)(=O)=O)cc1S(C)(=O)=O)c1cccs1. The molecule has 25 heavy (non-hydrogen) atoms. The molecule has 0 bridgehead atoms. The minimum atomic E-state index is -3.58. The molecule has 0 saturated heterocycles. The average Bonchev–Trinajstić information content (AvgIpc) is 2.99. The van der Waals surface area contributed by atoms with E-state index in [9.17, 15) is 16.8 Å². The molecule has 1 N–H and O–H groups in total. The van der Waals surface area contributed by atoms with Crippen LogP contribution in [0.25, 0.3) is 0 Å². The first kappa shape index (κ1) is 19.9. The summed E-state index contributed by atoms with van der Waals surface area (Å²) in [5.74, 6) is 0. The van der Waals surface area contributed by atoms with Gasteiger partial charge in [0.15, 0.2) is 19.7 Å². The van der Waals surface area contributed by atoms with Crippen molar-refractivity contribution in [1.29, 1.82) is 0 Å². The highest BCUT2D eigenvalue weighted by Crippen LogP contribution is 2.28. The molecule has 1 unspecified atom stereocenters. The Labute approximate surface area is 153 Å². The van der Waals surface area contributed by atoms with Crippen LogP contribution < -0.4 is 5.32 Å². The van der Waals surface area contributed by atoms with Crippen molar-refractivity contribution in [2.75, 3.05) is 38.5 Å². The molecule has 0 fully saturated rings. The van der Waals surface area contributed by atoms with Crippen LogP contribution in [-0.4, -0.2) is 54.9 Å². The molecule has 6 nitrogen and oxygen atoms in total. The van der Waals surface area contributed by atoms with Gasteiger partial charge in [-0.05, 0) is 43.7 Å². The third kappa shape index (κ3) is 5.04. The van der Waals surface area contributed by atoms with Gasteiger partial charge in [-0.3, -0.25) is 0 Å². The van der Waals surface area contributed by atoms with Gasteiger partial charge < -0.3 is 10.2 Å². The topological polar surface area (TPSA) is 83.6 Å². The van der Waals surface area contributed by atoms with E-state index in [4.69, 9.17) is 0 Å². The number of nitrogens with one attached hydrogen (secondary N) is 1. The lowest BCUT2D eigenvalue weighted by atomic mass is 10.2. The monoisotopic (exact) mass is 402 g/mol. The molecule has 0 amide bonds. The molecule has 0 saturated carbocycles. The van der Waals surface area contributed by atoms with Gasteiger partial charge in [0.05, 0.1) is 21.5 Å². The van der Waals surface area contributed by atoms with Crippen molar-refractivity contribution >= 4 is 36.7 Å². The predicted octanol–water partition coefficient (Wildman–Crippen LogP) is 2.27. The number of sulfone groups is 2. The molecule has 138 valence electrons. The van der Waals surface area contributed by atoms with Crippen LogP contribution >= 0.6 is 11.3 Å². The highest BCUT2D eigenvalue weighted by atomic mass is 32.2. The zero-order valence-corrected chi connectivity index (χ0v) is 17.0. The Morgan fingerprint density at radius 1 is 1.08 bits per heavy atom. The number of likely N-dealkylation sites (N-methyl/N-ethyl adjacent to an activating group) is 1. The third-order valence-electron chi connectivity index (χ3n) is 3.76. The molecular formula is C16H22N2O4S3. The van der Waals surface area contributed by atoms with E-state index >= 15 is 0 Å². The molecule has 2 rings (SSSR count). The molecule has 0 spiro atoms. The van der Waals surface area contributed by atoms with Gasteiger partial charge in [-0.1, -0.05) is 6.07 Å². The van der Waals surface area contributed by atoms with Crippen LogP contribution in [0.5, 0.6) is 0 Å². The lowest BCUT2D eigenvalue weighted by Crippen LogP contribution is -2.26. The standard InChI is InChI=1S/C16H22N2O4S3/c1-18(2)14(15-6-5-9-23-15)11-17-13-8-7-12(24(3,19)20)10-16(13)25(4,21)22/h5-10,14,17H,11H2,1-4H3. The van der Waals surface area contributed by atoms with Gasteiger partial charge in [0.2, 0.25) is 0 Å². The summed E-state index contributed by atoms with van der Waals surface area (Å²) in [6.07, 6.45) is 2.13. The van der Waals surface area contributed by atoms with Crippen LogP contribution in [0.2, 0.25) is 0 Å². The van der Waals surface area contributed by atoms with E-state index in [1.165, 1.54) is 18.2 Å². The van der Waals surface area contributed by atoms with Crippen molar-refractivity contribution in [2.45, 2.75) is 15.8 Å². The lowest BCUT2D eigenvalue weighted by Gasteiger charge is -2.24. The lowest BCUT2D eigenvalue weighted by molar-refractivity contribution is 0.316. The van der Waals surface area contributed by atoms with Crippen molar-refractivity contribution in [3.63, 3.8) is 0 Å². The molecule has 9 heteroatoms. The van der Waals surface area contributed by atoms with Crippen LogP contribution in [0.1, 0.15) is 10.9 Å². The number of anilines is 1. The summed E-state index contributed by atoms with van der Waals surface area (Å²) < 4.78 is 47.6. The average molecular weight is 403 g/mol. The van der Waals surface area contributed by atoms with Crippen molar-refractivity contribution < 1.29 is 16.8 Å². The van der Waals surface area contributed by atoms with Crippen LogP contribution in [0.4, 0.5) is 5.69 Å². The summed E-state index contributed by atoms with van der Waals surface area (Å²) in [4.78, 5) is 3.18. The Bertz CT molecular complexity index is 934. The van der Waals surface area contributed by atoms with Crippen molar-refractivity contribution in [1.82, 2.24) is 4.90 Å². The molecule has 0 radical (unpaired) electrons. The zero-order chi connectivity index (χ0) is 18.8. The molecule has 1 heterocycles. The highest BCUT2D eigenvalue weighted by molar-refractivity contribution is 7.91. The summed E-state index contributed by atoms with van der Waals surface area (Å²) in [6, 6.07) is 8.21. The minimum Gasteiger partial charge on any atom is -0.382 e. The van der Waals surface area contributed by atoms with Gasteiger partial charge in [0.25, 0.3) is 0 Å². The number of nitrogens with zero attached hydrogens (tertiary/aromatic N) is 1. The largest absolute Gasteiger partial charge is 0.382 e. The van der Waals surface area contributed by atoms with Crippen LogP contribution in [-0.2, 0) is 19.7 Å². The van der Waals surface area contributed by atoms with Crippen molar-refractivity contribution in [3.05, 3.63) is 40.6 Å².